The van der Waals surface area contributed by atoms with E-state index < -0.39 is 17.4 Å². The van der Waals surface area contributed by atoms with E-state index in [2.05, 4.69) is 4.98 Å². The maximum Gasteiger partial charge on any atom is 0.335 e. The molecule has 32 heavy (non-hydrogen) atoms. The van der Waals surface area contributed by atoms with E-state index in [1.54, 1.807) is 32.2 Å². The number of carboxylic acid groups (broad SMARTS) is 2. The standard InChI is InChI=1S/C12H15ClO4.C10H9N3O2/c1-8-5-9(10(14)15)7-12(6-8,11(16)17)3-2-4-13;1-12-7-4-9(14)13(10(12)15)8-2-5-11-6-3-8/h5-6H,2-4,7H2,1H3,(H,14,15)(H,16,17);2-7H,1H3. The van der Waals surface area contributed by atoms with Crippen molar-refractivity contribution in [3.05, 3.63) is 80.9 Å². The van der Waals surface area contributed by atoms with E-state index >= 15 is 0 Å². The van der Waals surface area contributed by atoms with Crippen molar-refractivity contribution < 1.29 is 19.8 Å². The quantitative estimate of drug-likeness (QED) is 0.631. The first-order valence-electron chi connectivity index (χ1n) is 9.73. The number of alkyl halides is 1. The highest BCUT2D eigenvalue weighted by molar-refractivity contribution is 6.17. The first-order valence-corrected chi connectivity index (χ1v) is 10.3. The summed E-state index contributed by atoms with van der Waals surface area (Å²) in [6.07, 6.45) is 8.59. The van der Waals surface area contributed by atoms with Crippen LogP contribution in [0.25, 0.3) is 5.69 Å². The molecule has 0 aliphatic heterocycles. The molecular weight excluding hydrogens is 438 g/mol. The summed E-state index contributed by atoms with van der Waals surface area (Å²) in [5.74, 6) is -1.68. The Bertz CT molecular complexity index is 1170. The second kappa shape index (κ2) is 10.7. The molecule has 10 heteroatoms. The molecule has 0 bridgehead atoms. The van der Waals surface area contributed by atoms with Crippen LogP contribution in [-0.4, -0.2) is 42.1 Å². The van der Waals surface area contributed by atoms with Gasteiger partial charge in [-0.1, -0.05) is 11.6 Å². The topological polar surface area (TPSA) is 131 Å². The molecule has 2 N–H and O–H groups in total. The number of carboxylic acids is 2. The van der Waals surface area contributed by atoms with Crippen LogP contribution >= 0.6 is 11.6 Å². The molecule has 2 aromatic heterocycles. The predicted octanol–water partition coefficient (Wildman–Crippen LogP) is 2.37. The number of rotatable bonds is 6. The Morgan fingerprint density at radius 1 is 1.19 bits per heavy atom. The molecule has 170 valence electrons. The average molecular weight is 462 g/mol. The number of aryl methyl sites for hydroxylation is 1. The average Bonchev–Trinajstić information content (AvgIpc) is 2.76. The van der Waals surface area contributed by atoms with Gasteiger partial charge < -0.3 is 14.8 Å². The van der Waals surface area contributed by atoms with Gasteiger partial charge in [-0.15, -0.1) is 11.6 Å². The molecule has 1 atom stereocenters. The highest BCUT2D eigenvalue weighted by Gasteiger charge is 2.39. The van der Waals surface area contributed by atoms with Gasteiger partial charge in [0.2, 0.25) is 0 Å². The zero-order valence-corrected chi connectivity index (χ0v) is 18.5. The molecule has 1 aliphatic carbocycles. The minimum Gasteiger partial charge on any atom is -0.481 e. The van der Waals surface area contributed by atoms with Gasteiger partial charge in [0.05, 0.1) is 11.1 Å². The smallest absolute Gasteiger partial charge is 0.335 e. The van der Waals surface area contributed by atoms with Crippen LogP contribution in [0.5, 0.6) is 0 Å². The van der Waals surface area contributed by atoms with E-state index in [-0.39, 0.29) is 23.2 Å². The van der Waals surface area contributed by atoms with Gasteiger partial charge in [0.15, 0.2) is 0 Å². The first kappa shape index (κ1) is 24.8. The molecule has 3 rings (SSSR count). The Morgan fingerprint density at radius 3 is 2.41 bits per heavy atom. The van der Waals surface area contributed by atoms with E-state index in [1.165, 1.54) is 35.3 Å². The summed E-state index contributed by atoms with van der Waals surface area (Å²) in [4.78, 5) is 49.4. The summed E-state index contributed by atoms with van der Waals surface area (Å²) >= 11 is 5.58. The Balaban J connectivity index is 0.000000228. The molecule has 2 heterocycles. The summed E-state index contributed by atoms with van der Waals surface area (Å²) < 4.78 is 2.45. The van der Waals surface area contributed by atoms with Crippen molar-refractivity contribution >= 4 is 23.5 Å². The number of pyridine rings is 1. The molecule has 0 radical (unpaired) electrons. The third-order valence-corrected chi connectivity index (χ3v) is 5.21. The van der Waals surface area contributed by atoms with Crippen LogP contribution in [0.15, 0.2) is 69.7 Å². The van der Waals surface area contributed by atoms with Gasteiger partial charge in [0.1, 0.15) is 0 Å². The van der Waals surface area contributed by atoms with E-state index in [9.17, 15) is 24.3 Å². The molecule has 2 aromatic rings. The van der Waals surface area contributed by atoms with Crippen LogP contribution in [0.4, 0.5) is 0 Å². The van der Waals surface area contributed by atoms with E-state index in [0.717, 1.165) is 4.57 Å². The highest BCUT2D eigenvalue weighted by atomic mass is 35.5. The third kappa shape index (κ3) is 5.82. The third-order valence-electron chi connectivity index (χ3n) is 4.94. The minimum atomic E-state index is -1.12. The molecule has 0 saturated heterocycles. The summed E-state index contributed by atoms with van der Waals surface area (Å²) in [5, 5.41) is 18.3. The van der Waals surface area contributed by atoms with Crippen molar-refractivity contribution in [2.75, 3.05) is 5.88 Å². The number of hydrogen-bond donors (Lipinski definition) is 2. The zero-order valence-electron chi connectivity index (χ0n) is 17.7. The maximum absolute atomic E-state index is 11.7. The summed E-state index contributed by atoms with van der Waals surface area (Å²) in [6.45, 7) is 1.71. The van der Waals surface area contributed by atoms with Gasteiger partial charge in [-0.05, 0) is 44.4 Å². The number of halogens is 1. The molecule has 0 aromatic carbocycles. The summed E-state index contributed by atoms with van der Waals surface area (Å²) in [7, 11) is 1.60. The maximum atomic E-state index is 11.7. The monoisotopic (exact) mass is 461 g/mol. The van der Waals surface area contributed by atoms with Crippen LogP contribution in [0, 0.1) is 5.41 Å². The van der Waals surface area contributed by atoms with Crippen LogP contribution < -0.4 is 11.2 Å². The fourth-order valence-electron chi connectivity index (χ4n) is 3.42. The Kier molecular flexibility index (Phi) is 8.31. The Hall–Kier alpha value is -3.46. The largest absolute Gasteiger partial charge is 0.481 e. The van der Waals surface area contributed by atoms with Gasteiger partial charge in [0.25, 0.3) is 5.56 Å². The molecule has 0 fully saturated rings. The lowest BCUT2D eigenvalue weighted by molar-refractivity contribution is -0.146. The van der Waals surface area contributed by atoms with Crippen molar-refractivity contribution in [2.24, 2.45) is 12.5 Å². The molecule has 0 saturated carbocycles. The second-order valence-corrected chi connectivity index (χ2v) is 7.76. The van der Waals surface area contributed by atoms with Crippen molar-refractivity contribution in [3.63, 3.8) is 0 Å². The van der Waals surface area contributed by atoms with E-state index in [1.807, 2.05) is 0 Å². The molecule has 9 nitrogen and oxygen atoms in total. The number of carbonyl (C=O) groups is 2. The van der Waals surface area contributed by atoms with E-state index in [0.29, 0.717) is 30.0 Å². The molecule has 1 aliphatic rings. The van der Waals surface area contributed by atoms with Crippen molar-refractivity contribution in [3.8, 4) is 5.69 Å². The molecule has 0 amide bonds. The second-order valence-electron chi connectivity index (χ2n) is 7.38. The molecule has 0 spiro atoms. The van der Waals surface area contributed by atoms with Gasteiger partial charge in [-0.25, -0.2) is 14.2 Å². The van der Waals surface area contributed by atoms with Crippen molar-refractivity contribution in [2.45, 2.75) is 26.2 Å². The number of hydrogen-bond acceptors (Lipinski definition) is 5. The Labute approximate surface area is 188 Å². The SMILES string of the molecule is CC1=CC(CCCCl)(C(=O)O)CC(C(=O)O)=C1.Cn1ccc(=O)n(-c2ccncc2)c1=O. The zero-order chi connectivity index (χ0) is 23.9. The van der Waals surface area contributed by atoms with Gasteiger partial charge in [0, 0.05) is 43.2 Å². The lowest BCUT2D eigenvalue weighted by Crippen LogP contribution is -2.36. The van der Waals surface area contributed by atoms with Gasteiger partial charge in [-0.3, -0.25) is 14.6 Å². The minimum absolute atomic E-state index is 0.0197. The summed E-state index contributed by atoms with van der Waals surface area (Å²) in [6, 6.07) is 4.58. The van der Waals surface area contributed by atoms with Crippen LogP contribution in [0.3, 0.4) is 0 Å². The van der Waals surface area contributed by atoms with E-state index in [4.69, 9.17) is 16.7 Å². The van der Waals surface area contributed by atoms with Crippen molar-refractivity contribution in [1.29, 1.82) is 0 Å². The van der Waals surface area contributed by atoms with Crippen LogP contribution in [0.2, 0.25) is 0 Å². The number of nitrogens with zero attached hydrogens (tertiary/aromatic N) is 3. The first-order chi connectivity index (χ1) is 15.1. The van der Waals surface area contributed by atoms with Crippen LogP contribution in [-0.2, 0) is 16.6 Å². The lowest BCUT2D eigenvalue weighted by atomic mass is 9.73. The predicted molar refractivity (Wildman–Crippen MR) is 119 cm³/mol. The van der Waals surface area contributed by atoms with Gasteiger partial charge in [-0.2, -0.15) is 0 Å². The van der Waals surface area contributed by atoms with Gasteiger partial charge >= 0.3 is 17.6 Å². The number of aliphatic carboxylic acids is 2. The number of aromatic nitrogens is 3. The fraction of sp³-hybridized carbons (Fsp3) is 0.318. The normalized spacial score (nSPS) is 17.5. The molecular formula is C22H24ClN3O6. The van der Waals surface area contributed by atoms with Crippen LogP contribution in [0.1, 0.15) is 26.2 Å². The Morgan fingerprint density at radius 2 is 1.84 bits per heavy atom. The molecule has 1 unspecified atom stereocenters. The lowest BCUT2D eigenvalue weighted by Gasteiger charge is -2.29. The highest BCUT2D eigenvalue weighted by Crippen LogP contribution is 2.38. The van der Waals surface area contributed by atoms with Crippen molar-refractivity contribution in [1.82, 2.24) is 14.1 Å². The summed E-state index contributed by atoms with van der Waals surface area (Å²) in [5.41, 5.74) is -0.497. The number of allylic oxidation sites excluding steroid dienone is 2. The fourth-order valence-corrected chi connectivity index (χ4v) is 3.55.